The van der Waals surface area contributed by atoms with Crippen molar-refractivity contribution in [3.8, 4) is 18.1 Å². The fourth-order valence-corrected chi connectivity index (χ4v) is 2.57. The highest BCUT2D eigenvalue weighted by molar-refractivity contribution is 5.33. The van der Waals surface area contributed by atoms with Crippen LogP contribution in [0.1, 0.15) is 17.8 Å². The van der Waals surface area contributed by atoms with Gasteiger partial charge in [-0.2, -0.15) is 5.10 Å². The van der Waals surface area contributed by atoms with Gasteiger partial charge < -0.3 is 10.1 Å². The van der Waals surface area contributed by atoms with E-state index in [2.05, 4.69) is 27.4 Å². The second-order valence-electron chi connectivity index (χ2n) is 5.08. The summed E-state index contributed by atoms with van der Waals surface area (Å²) < 4.78 is 7.54. The fourth-order valence-electron chi connectivity index (χ4n) is 2.57. The Morgan fingerprint density at radius 3 is 3.24 bits per heavy atom. The second-order valence-corrected chi connectivity index (χ2v) is 5.08. The monoisotopic (exact) mass is 282 g/mol. The average molecular weight is 282 g/mol. The van der Waals surface area contributed by atoms with Crippen molar-refractivity contribution in [1.82, 2.24) is 20.1 Å². The maximum atomic E-state index is 5.57. The predicted molar refractivity (Wildman–Crippen MR) is 79.7 cm³/mol. The van der Waals surface area contributed by atoms with Gasteiger partial charge >= 0.3 is 0 Å². The third-order valence-corrected chi connectivity index (χ3v) is 3.67. The Morgan fingerprint density at radius 1 is 1.43 bits per heavy atom. The lowest BCUT2D eigenvalue weighted by Gasteiger charge is -2.24. The van der Waals surface area contributed by atoms with Gasteiger partial charge in [0.25, 0.3) is 0 Å². The van der Waals surface area contributed by atoms with Crippen molar-refractivity contribution in [1.29, 1.82) is 0 Å². The maximum Gasteiger partial charge on any atom is 0.148 e. The van der Waals surface area contributed by atoms with Crippen molar-refractivity contribution in [3.63, 3.8) is 0 Å². The molecule has 108 valence electrons. The van der Waals surface area contributed by atoms with Gasteiger partial charge in [0.1, 0.15) is 24.5 Å². The molecule has 0 bridgehead atoms. The van der Waals surface area contributed by atoms with Crippen molar-refractivity contribution in [2.75, 3.05) is 6.61 Å². The molecule has 5 heteroatoms. The molecule has 0 saturated heterocycles. The maximum absolute atomic E-state index is 5.57. The number of benzene rings is 1. The molecule has 1 aromatic heterocycles. The summed E-state index contributed by atoms with van der Waals surface area (Å²) in [6.07, 6.45) is 8.91. The van der Waals surface area contributed by atoms with E-state index >= 15 is 0 Å². The van der Waals surface area contributed by atoms with Crippen molar-refractivity contribution < 1.29 is 4.74 Å². The first kappa shape index (κ1) is 13.7. The van der Waals surface area contributed by atoms with Crippen LogP contribution in [0.25, 0.3) is 0 Å². The standard InChI is InChI=1S/C16H18N4O/c1-2-9-21-15-6-4-3-5-13(15)10-17-14-7-8-16-18-12-19-20(16)11-14/h1,3-6,12,14,17H,7-11H2. The fraction of sp³-hybridized carbons (Fsp3) is 0.375. The number of para-hydroxylation sites is 1. The molecule has 0 spiro atoms. The molecule has 0 aliphatic carbocycles. The lowest BCUT2D eigenvalue weighted by atomic mass is 10.1. The van der Waals surface area contributed by atoms with Gasteiger partial charge in [0.2, 0.25) is 0 Å². The zero-order valence-electron chi connectivity index (χ0n) is 11.8. The molecule has 1 atom stereocenters. The van der Waals surface area contributed by atoms with E-state index in [0.717, 1.165) is 43.1 Å². The lowest BCUT2D eigenvalue weighted by Crippen LogP contribution is -2.37. The summed E-state index contributed by atoms with van der Waals surface area (Å²) in [6, 6.07) is 8.38. The largest absolute Gasteiger partial charge is 0.481 e. The van der Waals surface area contributed by atoms with Gasteiger partial charge in [0.15, 0.2) is 0 Å². The van der Waals surface area contributed by atoms with Crippen molar-refractivity contribution in [2.45, 2.75) is 32.0 Å². The molecule has 1 aliphatic heterocycles. The molecule has 1 unspecified atom stereocenters. The molecule has 0 radical (unpaired) electrons. The molecule has 1 aliphatic rings. The van der Waals surface area contributed by atoms with Gasteiger partial charge in [0, 0.05) is 24.6 Å². The minimum absolute atomic E-state index is 0.294. The first-order chi connectivity index (χ1) is 10.4. The third-order valence-electron chi connectivity index (χ3n) is 3.67. The van der Waals surface area contributed by atoms with Gasteiger partial charge in [-0.3, -0.25) is 0 Å². The highest BCUT2D eigenvalue weighted by atomic mass is 16.5. The number of aryl methyl sites for hydroxylation is 1. The van der Waals surface area contributed by atoms with E-state index in [1.54, 1.807) is 6.33 Å². The van der Waals surface area contributed by atoms with Crippen LogP contribution in [0.2, 0.25) is 0 Å². The van der Waals surface area contributed by atoms with Crippen LogP contribution >= 0.6 is 0 Å². The Bertz CT molecular complexity index is 644. The topological polar surface area (TPSA) is 52.0 Å². The Morgan fingerprint density at radius 2 is 2.33 bits per heavy atom. The molecular weight excluding hydrogens is 264 g/mol. The molecule has 0 amide bonds. The van der Waals surface area contributed by atoms with Crippen LogP contribution in [-0.4, -0.2) is 27.4 Å². The molecule has 2 heterocycles. The van der Waals surface area contributed by atoms with E-state index in [1.165, 1.54) is 0 Å². The Labute approximate surface area is 124 Å². The Hall–Kier alpha value is -2.32. The van der Waals surface area contributed by atoms with Crippen LogP contribution in [0, 0.1) is 12.3 Å². The van der Waals surface area contributed by atoms with Crippen LogP contribution in [0.15, 0.2) is 30.6 Å². The number of hydrogen-bond acceptors (Lipinski definition) is 4. The molecule has 1 N–H and O–H groups in total. The third kappa shape index (κ3) is 3.23. The van der Waals surface area contributed by atoms with E-state index in [-0.39, 0.29) is 0 Å². The van der Waals surface area contributed by atoms with Crippen LogP contribution in [0.5, 0.6) is 5.75 Å². The number of hydrogen-bond donors (Lipinski definition) is 1. The van der Waals surface area contributed by atoms with E-state index in [4.69, 9.17) is 11.2 Å². The number of aromatic nitrogens is 3. The second kappa shape index (κ2) is 6.42. The molecule has 0 fully saturated rings. The number of rotatable bonds is 5. The molecule has 3 rings (SSSR count). The molecule has 2 aromatic rings. The SMILES string of the molecule is C#CCOc1ccccc1CNC1CCc2ncnn2C1. The van der Waals surface area contributed by atoms with E-state index in [1.807, 2.05) is 22.9 Å². The Balaban J connectivity index is 1.60. The summed E-state index contributed by atoms with van der Waals surface area (Å²) in [7, 11) is 0. The first-order valence-electron chi connectivity index (χ1n) is 7.11. The van der Waals surface area contributed by atoms with E-state index < -0.39 is 0 Å². The number of fused-ring (bicyclic) bond motifs is 1. The number of terminal acetylenes is 1. The van der Waals surface area contributed by atoms with Gasteiger partial charge in [-0.15, -0.1) is 6.42 Å². The van der Waals surface area contributed by atoms with Crippen LogP contribution in [0.4, 0.5) is 0 Å². The first-order valence-corrected chi connectivity index (χ1v) is 7.11. The lowest BCUT2D eigenvalue weighted by molar-refractivity contribution is 0.345. The van der Waals surface area contributed by atoms with Gasteiger partial charge in [-0.05, 0) is 12.5 Å². The summed E-state index contributed by atoms with van der Waals surface area (Å²) in [6.45, 7) is 1.92. The van der Waals surface area contributed by atoms with Crippen LogP contribution in [0.3, 0.4) is 0 Å². The average Bonchev–Trinajstić information content (AvgIpc) is 2.99. The molecule has 5 nitrogen and oxygen atoms in total. The summed E-state index contributed by atoms with van der Waals surface area (Å²) in [4.78, 5) is 4.24. The summed E-state index contributed by atoms with van der Waals surface area (Å²) in [5, 5.41) is 7.80. The summed E-state index contributed by atoms with van der Waals surface area (Å²) >= 11 is 0. The molecule has 1 aromatic carbocycles. The van der Waals surface area contributed by atoms with Gasteiger partial charge in [-0.1, -0.05) is 24.1 Å². The normalized spacial score (nSPS) is 17.0. The number of nitrogens with zero attached hydrogens (tertiary/aromatic N) is 3. The highest BCUT2D eigenvalue weighted by Gasteiger charge is 2.19. The highest BCUT2D eigenvalue weighted by Crippen LogP contribution is 2.19. The Kier molecular flexibility index (Phi) is 4.17. The van der Waals surface area contributed by atoms with Gasteiger partial charge in [-0.25, -0.2) is 9.67 Å². The zero-order chi connectivity index (χ0) is 14.5. The molecule has 0 saturated carbocycles. The van der Waals surface area contributed by atoms with Crippen molar-refractivity contribution in [2.24, 2.45) is 0 Å². The quantitative estimate of drug-likeness (QED) is 0.842. The molecular formula is C16H18N4O. The minimum atomic E-state index is 0.294. The summed E-state index contributed by atoms with van der Waals surface area (Å²) in [5.74, 6) is 4.42. The molecule has 21 heavy (non-hydrogen) atoms. The van der Waals surface area contributed by atoms with Crippen molar-refractivity contribution in [3.05, 3.63) is 42.0 Å². The summed E-state index contributed by atoms with van der Waals surface area (Å²) in [5.41, 5.74) is 1.12. The van der Waals surface area contributed by atoms with Crippen molar-refractivity contribution >= 4 is 0 Å². The minimum Gasteiger partial charge on any atom is -0.481 e. The van der Waals surface area contributed by atoms with Crippen LogP contribution in [-0.2, 0) is 19.5 Å². The van der Waals surface area contributed by atoms with E-state index in [9.17, 15) is 0 Å². The smallest absolute Gasteiger partial charge is 0.148 e. The van der Waals surface area contributed by atoms with E-state index in [0.29, 0.717) is 12.6 Å². The van der Waals surface area contributed by atoms with Gasteiger partial charge in [0.05, 0.1) is 6.54 Å². The van der Waals surface area contributed by atoms with Crippen LogP contribution < -0.4 is 10.1 Å². The number of nitrogens with one attached hydrogen (secondary N) is 1. The zero-order valence-corrected chi connectivity index (χ0v) is 11.8. The number of ether oxygens (including phenoxy) is 1. The predicted octanol–water partition coefficient (Wildman–Crippen LogP) is 1.39.